The summed E-state index contributed by atoms with van der Waals surface area (Å²) in [7, 11) is 0. The second-order valence-corrected chi connectivity index (χ2v) is 17.2. The van der Waals surface area contributed by atoms with Crippen molar-refractivity contribution in [2.75, 3.05) is 24.7 Å². The zero-order valence-electron chi connectivity index (χ0n) is 22.3. The molecule has 3 aliphatic rings. The number of aromatic nitrogens is 8. The number of nitrogens with two attached hydrogens (primary N) is 2. The second-order valence-electron chi connectivity index (χ2n) is 10.1. The van der Waals surface area contributed by atoms with Crippen LogP contribution in [-0.4, -0.2) is 93.2 Å². The van der Waals surface area contributed by atoms with Crippen LogP contribution in [-0.2, 0) is 32.0 Å². The van der Waals surface area contributed by atoms with Gasteiger partial charge in [0.1, 0.15) is 35.5 Å². The zero-order valence-corrected chi connectivity index (χ0v) is 26.7. The molecule has 0 aromatic carbocycles. The van der Waals surface area contributed by atoms with Crippen LogP contribution in [0.1, 0.15) is 11.6 Å². The summed E-state index contributed by atoms with van der Waals surface area (Å²) in [5.41, 5.74) is 11.3. The smallest absolute Gasteiger partial charge is 0.386 e. The van der Waals surface area contributed by atoms with Gasteiger partial charge in [-0.3, -0.25) is 37.0 Å². The normalized spacial score (nSPS) is 37.7. The first-order chi connectivity index (χ1) is 21.3. The van der Waals surface area contributed by atoms with E-state index in [9.17, 15) is 19.0 Å². The molecule has 25 heteroatoms. The van der Waals surface area contributed by atoms with Crippen molar-refractivity contribution >= 4 is 83.9 Å². The molecule has 2 bridgehead atoms. The fourth-order valence-electron chi connectivity index (χ4n) is 5.26. The topological polar surface area (TPSA) is 260 Å². The molecule has 10 atom stereocenters. The number of hydrogen-bond donors (Lipinski definition) is 6. The van der Waals surface area contributed by atoms with E-state index in [1.165, 1.54) is 28.1 Å². The van der Waals surface area contributed by atoms with Crippen LogP contribution in [0.4, 0.5) is 16.2 Å². The van der Waals surface area contributed by atoms with Crippen LogP contribution in [0.2, 0.25) is 0 Å². The molecule has 0 spiro atoms. The van der Waals surface area contributed by atoms with Crippen molar-refractivity contribution < 1.29 is 41.5 Å². The molecule has 45 heavy (non-hydrogen) atoms. The molecule has 3 aliphatic heterocycles. The van der Waals surface area contributed by atoms with Crippen LogP contribution in [0.3, 0.4) is 0 Å². The van der Waals surface area contributed by atoms with E-state index in [0.717, 1.165) is 11.8 Å². The number of nitrogens with one attached hydrogen (secondary N) is 1. The van der Waals surface area contributed by atoms with Crippen LogP contribution in [0.5, 0.6) is 0 Å². The van der Waals surface area contributed by atoms with Gasteiger partial charge in [-0.2, -0.15) is 4.98 Å². The molecule has 3 fully saturated rings. The quantitative estimate of drug-likeness (QED) is 0.125. The Morgan fingerprint density at radius 2 is 1.69 bits per heavy atom. The molecule has 0 amide bonds. The van der Waals surface area contributed by atoms with Gasteiger partial charge in [-0.15, -0.1) is 11.8 Å². The third-order valence-electron chi connectivity index (χ3n) is 7.28. The van der Waals surface area contributed by atoms with Gasteiger partial charge in [0.15, 0.2) is 35.0 Å². The predicted molar refractivity (Wildman–Crippen MR) is 162 cm³/mol. The third-order valence-corrected chi connectivity index (χ3v) is 12.0. The van der Waals surface area contributed by atoms with E-state index in [0.29, 0.717) is 0 Å². The number of ether oxygens (including phenoxy) is 1. The molecule has 7 rings (SSSR count). The Kier molecular flexibility index (Phi) is 7.96. The Bertz CT molecular complexity index is 1950. The molecule has 4 aromatic heterocycles. The van der Waals surface area contributed by atoms with Gasteiger partial charge in [-0.25, -0.2) is 33.5 Å². The molecule has 6 N–H and O–H groups in total. The number of rotatable bonds is 2. The number of imidazole rings is 2. The van der Waals surface area contributed by atoms with Gasteiger partial charge in [0.2, 0.25) is 5.95 Å². The van der Waals surface area contributed by atoms with Gasteiger partial charge in [-0.05, 0) is 0 Å². The van der Waals surface area contributed by atoms with Gasteiger partial charge in [-0.1, -0.05) is 24.5 Å². The molecule has 0 saturated carbocycles. The largest absolute Gasteiger partial charge is 0.389 e. The van der Waals surface area contributed by atoms with Gasteiger partial charge in [0, 0.05) is 0 Å². The second kappa shape index (κ2) is 11.4. The van der Waals surface area contributed by atoms with E-state index in [4.69, 9.17) is 34.3 Å². The first-order valence-corrected chi connectivity index (χ1v) is 19.2. The molecule has 0 aliphatic carbocycles. The third kappa shape index (κ3) is 5.67. The lowest BCUT2D eigenvalue weighted by molar-refractivity contribution is -0.0427. The lowest BCUT2D eigenvalue weighted by atomic mass is 10.1. The highest BCUT2D eigenvalue weighted by molar-refractivity contribution is 8.44. The highest BCUT2D eigenvalue weighted by atomic mass is 32.7. The monoisotopic (exact) mass is 724 g/mol. The number of halogens is 1. The van der Waals surface area contributed by atoms with Crippen LogP contribution < -0.4 is 17.0 Å². The summed E-state index contributed by atoms with van der Waals surface area (Å²) in [6.45, 7) is -9.76. The fraction of sp³-hybridized carbons (Fsp3) is 0.500. The Morgan fingerprint density at radius 3 is 2.47 bits per heavy atom. The molecule has 7 heterocycles. The minimum atomic E-state index is -4.35. The minimum absolute atomic E-state index is 0.0507. The summed E-state index contributed by atoms with van der Waals surface area (Å²) in [5, 5.41) is 9.38. The van der Waals surface area contributed by atoms with E-state index >= 15 is 4.39 Å². The lowest BCUT2D eigenvalue weighted by Crippen LogP contribution is -2.35. The first-order valence-electron chi connectivity index (χ1n) is 12.9. The molecular weight excluding hydrogens is 701 g/mol. The van der Waals surface area contributed by atoms with E-state index in [2.05, 4.69) is 54.4 Å². The summed E-state index contributed by atoms with van der Waals surface area (Å²) in [4.78, 5) is 35.0. The summed E-state index contributed by atoms with van der Waals surface area (Å²) >= 11 is 9.16. The fourth-order valence-corrected chi connectivity index (χ4v) is 9.89. The predicted octanol–water partition coefficient (Wildman–Crippen LogP) is 1.23. The van der Waals surface area contributed by atoms with Crippen LogP contribution in [0, 0.1) is 0 Å². The number of fused-ring (bicyclic) bond motifs is 5. The Balaban J connectivity index is 1.21. The standard InChI is InChI=1S/C20H23FN10O9P2S3/c21-8-12-6(38-18(8)30-4-26-9-14(22)24-3-25-15(9)30)1-36-41(34,43)40-13-11(32)7(2-37-42(35,44)39-12)45-19(13)31-5-27-10-16(31)28-20(23)29-17(10)33/h3-8,11-13,18-19,32H,1-2H2,(H,34,43)(H,35,44)(H2,22,24,25)(H3,23,28,29,33)/t6-,7-,8+,11-,12-,13-,18-,19-,41-,42-/m1/s1. The van der Waals surface area contributed by atoms with Crippen molar-refractivity contribution in [2.24, 2.45) is 0 Å². The van der Waals surface area contributed by atoms with E-state index in [-0.39, 0.29) is 34.1 Å². The van der Waals surface area contributed by atoms with Crippen molar-refractivity contribution in [1.29, 1.82) is 0 Å². The van der Waals surface area contributed by atoms with Gasteiger partial charge >= 0.3 is 13.6 Å². The van der Waals surface area contributed by atoms with Crippen molar-refractivity contribution in [2.45, 2.75) is 47.4 Å². The number of nitrogens with zero attached hydrogens (tertiary/aromatic N) is 7. The number of nitrogen functional groups attached to an aromatic ring is 2. The highest BCUT2D eigenvalue weighted by Crippen LogP contribution is 2.62. The maximum Gasteiger partial charge on any atom is 0.386 e. The summed E-state index contributed by atoms with van der Waals surface area (Å²) in [6, 6.07) is 0. The highest BCUT2D eigenvalue weighted by Gasteiger charge is 2.53. The molecule has 4 aromatic rings. The number of aliphatic hydroxyl groups is 1. The molecule has 242 valence electrons. The summed E-state index contributed by atoms with van der Waals surface area (Å²) in [5.74, 6) is -0.137. The number of anilines is 2. The lowest BCUT2D eigenvalue weighted by Gasteiger charge is -2.26. The van der Waals surface area contributed by atoms with Gasteiger partial charge < -0.3 is 21.3 Å². The van der Waals surface area contributed by atoms with Crippen LogP contribution >= 0.6 is 49.9 Å². The molecule has 3 saturated heterocycles. The average Bonchev–Trinajstić information content (AvgIpc) is 3.72. The van der Waals surface area contributed by atoms with E-state index in [1.54, 1.807) is 0 Å². The molecule has 19 nitrogen and oxygen atoms in total. The first kappa shape index (κ1) is 31.3. The van der Waals surface area contributed by atoms with E-state index in [1.807, 2.05) is 0 Å². The number of thiol groups is 2. The number of H-pyrrole nitrogens is 1. The molecular formula is C20H23FN10O9P2S3. The van der Waals surface area contributed by atoms with Crippen molar-refractivity contribution in [1.82, 2.24) is 39.0 Å². The van der Waals surface area contributed by atoms with Crippen molar-refractivity contribution in [3.05, 3.63) is 29.3 Å². The number of alkyl halides is 1. The number of aromatic amines is 1. The Hall–Kier alpha value is -2.30. The minimum Gasteiger partial charge on any atom is -0.389 e. The Morgan fingerprint density at radius 1 is 1.00 bits per heavy atom. The Labute approximate surface area is 265 Å². The SMILES string of the molecule is Nc1nc2c(ncn2[C@@H]2S[C@@H]3CO[P@@](=O)(S)O[C@H]4[C@H](F)[C@H](n5cnc6c(N)ncnc65)O[C@@H]4CO[P@@](=O)(S)O[C@@H]2[C@@H]3O)c(=O)[nH]1. The van der Waals surface area contributed by atoms with E-state index < -0.39 is 79.8 Å². The zero-order chi connectivity index (χ0) is 31.8. The maximum atomic E-state index is 16.0. The van der Waals surface area contributed by atoms with Crippen molar-refractivity contribution in [3.8, 4) is 0 Å². The number of aliphatic hydroxyl groups excluding tert-OH is 1. The maximum absolute atomic E-state index is 16.0. The summed E-state index contributed by atoms with van der Waals surface area (Å²) in [6.07, 6.45) is -5.48. The summed E-state index contributed by atoms with van der Waals surface area (Å²) < 4.78 is 73.8. The molecule has 0 radical (unpaired) electrons. The molecule has 0 unspecified atom stereocenters. The van der Waals surface area contributed by atoms with Gasteiger partial charge in [0.05, 0.1) is 37.2 Å². The average molecular weight is 725 g/mol. The van der Waals surface area contributed by atoms with Gasteiger partial charge in [0.25, 0.3) is 5.56 Å². The number of hydrogen-bond acceptors (Lipinski definition) is 17. The van der Waals surface area contributed by atoms with Crippen LogP contribution in [0.15, 0.2) is 23.8 Å². The van der Waals surface area contributed by atoms with Crippen LogP contribution in [0.25, 0.3) is 22.3 Å². The van der Waals surface area contributed by atoms with Crippen molar-refractivity contribution in [3.63, 3.8) is 0 Å². The number of thioether (sulfide) groups is 1.